The van der Waals surface area contributed by atoms with E-state index < -0.39 is 0 Å². The zero-order chi connectivity index (χ0) is 14.7. The Morgan fingerprint density at radius 3 is 2.61 bits per heavy atom. The van der Waals surface area contributed by atoms with Crippen LogP contribution in [0.15, 0.2) is 48.7 Å². The molecular formula is C18H25Cl2N3. The van der Waals surface area contributed by atoms with E-state index in [1.807, 2.05) is 6.20 Å². The molecule has 0 amide bonds. The Morgan fingerprint density at radius 2 is 1.91 bits per heavy atom. The van der Waals surface area contributed by atoms with E-state index in [1.54, 1.807) is 0 Å². The second kappa shape index (κ2) is 9.24. The van der Waals surface area contributed by atoms with Crippen LogP contribution in [-0.2, 0) is 0 Å². The molecule has 3 rings (SSSR count). The molecule has 1 fully saturated rings. The topological polar surface area (TPSA) is 28.2 Å². The fourth-order valence-electron chi connectivity index (χ4n) is 3.17. The van der Waals surface area contributed by atoms with Crippen LogP contribution >= 0.6 is 24.8 Å². The SMILES string of the molecule is C=C(C)C[C@H](c1ccnc2ccccc12)N1CCNCC1.Cl.Cl. The quantitative estimate of drug-likeness (QED) is 0.842. The van der Waals surface area contributed by atoms with Gasteiger partial charge < -0.3 is 5.32 Å². The summed E-state index contributed by atoms with van der Waals surface area (Å²) in [5, 5.41) is 4.70. The molecule has 2 heterocycles. The van der Waals surface area contributed by atoms with Crippen LogP contribution in [0.3, 0.4) is 0 Å². The molecule has 126 valence electrons. The van der Waals surface area contributed by atoms with Crippen molar-refractivity contribution in [3.05, 3.63) is 54.2 Å². The van der Waals surface area contributed by atoms with Crippen LogP contribution in [0.2, 0.25) is 0 Å². The fraction of sp³-hybridized carbons (Fsp3) is 0.389. The molecule has 2 aromatic rings. The van der Waals surface area contributed by atoms with Gasteiger partial charge in [0.2, 0.25) is 0 Å². The van der Waals surface area contributed by atoms with Crippen LogP contribution in [0.4, 0.5) is 0 Å². The molecule has 1 aromatic carbocycles. The van der Waals surface area contributed by atoms with Gasteiger partial charge in [0.15, 0.2) is 0 Å². The van der Waals surface area contributed by atoms with Crippen molar-refractivity contribution in [3.8, 4) is 0 Å². The minimum absolute atomic E-state index is 0. The van der Waals surface area contributed by atoms with E-state index in [2.05, 4.69) is 59.0 Å². The molecule has 0 unspecified atom stereocenters. The Hall–Kier alpha value is -1.13. The first-order chi connectivity index (χ1) is 10.3. The number of pyridine rings is 1. The van der Waals surface area contributed by atoms with Gasteiger partial charge >= 0.3 is 0 Å². The normalized spacial score (nSPS) is 16.2. The van der Waals surface area contributed by atoms with Gasteiger partial charge in [0.25, 0.3) is 0 Å². The molecule has 1 atom stereocenters. The number of fused-ring (bicyclic) bond motifs is 1. The number of benzene rings is 1. The average Bonchev–Trinajstić information content (AvgIpc) is 2.53. The predicted molar refractivity (Wildman–Crippen MR) is 103 cm³/mol. The Labute approximate surface area is 151 Å². The van der Waals surface area contributed by atoms with E-state index in [9.17, 15) is 0 Å². The van der Waals surface area contributed by atoms with Crippen molar-refractivity contribution >= 4 is 35.7 Å². The van der Waals surface area contributed by atoms with E-state index >= 15 is 0 Å². The molecule has 1 aliphatic rings. The molecule has 0 radical (unpaired) electrons. The van der Waals surface area contributed by atoms with Crippen molar-refractivity contribution in [2.45, 2.75) is 19.4 Å². The largest absolute Gasteiger partial charge is 0.314 e. The van der Waals surface area contributed by atoms with E-state index in [0.717, 1.165) is 38.1 Å². The summed E-state index contributed by atoms with van der Waals surface area (Å²) in [6, 6.07) is 11.0. The molecule has 0 bridgehead atoms. The summed E-state index contributed by atoms with van der Waals surface area (Å²) in [5.41, 5.74) is 3.70. The third-order valence-corrected chi connectivity index (χ3v) is 4.18. The standard InChI is InChI=1S/C18H23N3.2ClH/c1-14(2)13-18(21-11-9-19-10-12-21)16-7-8-20-17-6-4-3-5-15(16)17;;/h3-8,18-19H,1,9-13H2,2H3;2*1H/t18-;;/m1../s1. The maximum Gasteiger partial charge on any atom is 0.0705 e. The number of para-hydroxylation sites is 1. The molecule has 1 N–H and O–H groups in total. The van der Waals surface area contributed by atoms with Gasteiger partial charge in [0.1, 0.15) is 0 Å². The number of nitrogens with one attached hydrogen (secondary N) is 1. The van der Waals surface area contributed by atoms with Gasteiger partial charge in [-0.05, 0) is 31.0 Å². The highest BCUT2D eigenvalue weighted by molar-refractivity contribution is 5.85. The Balaban J connectivity index is 0.00000132. The first-order valence-corrected chi connectivity index (χ1v) is 7.68. The highest BCUT2D eigenvalue weighted by Crippen LogP contribution is 2.31. The van der Waals surface area contributed by atoms with Gasteiger partial charge in [-0.25, -0.2) is 0 Å². The van der Waals surface area contributed by atoms with E-state index in [-0.39, 0.29) is 24.8 Å². The number of nitrogens with zero attached hydrogens (tertiary/aromatic N) is 2. The summed E-state index contributed by atoms with van der Waals surface area (Å²) in [6.07, 6.45) is 2.94. The lowest BCUT2D eigenvalue weighted by molar-refractivity contribution is 0.173. The minimum Gasteiger partial charge on any atom is -0.314 e. The number of hydrogen-bond acceptors (Lipinski definition) is 3. The average molecular weight is 354 g/mol. The summed E-state index contributed by atoms with van der Waals surface area (Å²) in [4.78, 5) is 7.07. The summed E-state index contributed by atoms with van der Waals surface area (Å²) < 4.78 is 0. The summed E-state index contributed by atoms with van der Waals surface area (Å²) in [7, 11) is 0. The molecular weight excluding hydrogens is 329 g/mol. The molecule has 3 nitrogen and oxygen atoms in total. The van der Waals surface area contributed by atoms with Crippen LogP contribution in [-0.4, -0.2) is 36.1 Å². The Bertz CT molecular complexity index is 634. The molecule has 5 heteroatoms. The van der Waals surface area contributed by atoms with Gasteiger partial charge in [-0.3, -0.25) is 9.88 Å². The van der Waals surface area contributed by atoms with Crippen molar-refractivity contribution in [3.63, 3.8) is 0 Å². The monoisotopic (exact) mass is 353 g/mol. The van der Waals surface area contributed by atoms with Crippen molar-refractivity contribution in [2.75, 3.05) is 26.2 Å². The van der Waals surface area contributed by atoms with Crippen LogP contribution in [0.25, 0.3) is 10.9 Å². The van der Waals surface area contributed by atoms with Crippen LogP contribution in [0.5, 0.6) is 0 Å². The van der Waals surface area contributed by atoms with Crippen LogP contribution in [0.1, 0.15) is 24.9 Å². The first kappa shape index (κ1) is 19.9. The second-order valence-electron chi connectivity index (χ2n) is 5.88. The third kappa shape index (κ3) is 4.67. The molecule has 1 aliphatic heterocycles. The van der Waals surface area contributed by atoms with Crippen LogP contribution < -0.4 is 5.32 Å². The molecule has 23 heavy (non-hydrogen) atoms. The zero-order valence-corrected chi connectivity index (χ0v) is 15.1. The van der Waals surface area contributed by atoms with E-state index in [4.69, 9.17) is 0 Å². The zero-order valence-electron chi connectivity index (χ0n) is 13.5. The summed E-state index contributed by atoms with van der Waals surface area (Å²) in [6.45, 7) is 10.6. The molecule has 0 aliphatic carbocycles. The van der Waals surface area contributed by atoms with E-state index in [1.165, 1.54) is 16.5 Å². The van der Waals surface area contributed by atoms with Crippen molar-refractivity contribution in [2.24, 2.45) is 0 Å². The van der Waals surface area contributed by atoms with Crippen molar-refractivity contribution < 1.29 is 0 Å². The number of halogens is 2. The van der Waals surface area contributed by atoms with Crippen molar-refractivity contribution in [1.82, 2.24) is 15.2 Å². The smallest absolute Gasteiger partial charge is 0.0705 e. The molecule has 0 saturated carbocycles. The first-order valence-electron chi connectivity index (χ1n) is 7.68. The van der Waals surface area contributed by atoms with Crippen LogP contribution in [0, 0.1) is 0 Å². The van der Waals surface area contributed by atoms with Crippen molar-refractivity contribution in [1.29, 1.82) is 0 Å². The Morgan fingerprint density at radius 1 is 1.22 bits per heavy atom. The summed E-state index contributed by atoms with van der Waals surface area (Å²) >= 11 is 0. The lowest BCUT2D eigenvalue weighted by Gasteiger charge is -2.36. The lowest BCUT2D eigenvalue weighted by Crippen LogP contribution is -2.45. The van der Waals surface area contributed by atoms with E-state index in [0.29, 0.717) is 6.04 Å². The van der Waals surface area contributed by atoms with Gasteiger partial charge in [0.05, 0.1) is 5.52 Å². The third-order valence-electron chi connectivity index (χ3n) is 4.18. The maximum absolute atomic E-state index is 4.50. The minimum atomic E-state index is 0. The lowest BCUT2D eigenvalue weighted by atomic mass is 9.95. The summed E-state index contributed by atoms with van der Waals surface area (Å²) in [5.74, 6) is 0. The Kier molecular flexibility index (Phi) is 8.00. The number of aromatic nitrogens is 1. The van der Waals surface area contributed by atoms with Gasteiger partial charge in [-0.1, -0.05) is 23.8 Å². The molecule has 1 aromatic heterocycles. The number of piperazine rings is 1. The maximum atomic E-state index is 4.50. The van der Waals surface area contributed by atoms with Gasteiger partial charge in [0, 0.05) is 43.8 Å². The number of hydrogen-bond donors (Lipinski definition) is 1. The predicted octanol–water partition coefficient (Wildman–Crippen LogP) is 3.99. The fourth-order valence-corrected chi connectivity index (χ4v) is 3.17. The van der Waals surface area contributed by atoms with Gasteiger partial charge in [-0.15, -0.1) is 31.4 Å². The van der Waals surface area contributed by atoms with Gasteiger partial charge in [-0.2, -0.15) is 0 Å². The number of rotatable bonds is 4. The molecule has 1 saturated heterocycles. The highest BCUT2D eigenvalue weighted by Gasteiger charge is 2.23. The highest BCUT2D eigenvalue weighted by atomic mass is 35.5. The second-order valence-corrected chi connectivity index (χ2v) is 5.88. The molecule has 0 spiro atoms.